The lowest BCUT2D eigenvalue weighted by Gasteiger charge is -2.48. The topological polar surface area (TPSA) is 26.0 Å². The smallest absolute Gasteiger partial charge is 0.0128 e. The van der Waals surface area contributed by atoms with Crippen LogP contribution in [0.25, 0.3) is 0 Å². The molecule has 0 amide bonds. The van der Waals surface area contributed by atoms with Gasteiger partial charge in [-0.25, -0.2) is 0 Å². The molecule has 13 heavy (non-hydrogen) atoms. The Hall–Kier alpha value is -0.0400. The van der Waals surface area contributed by atoms with E-state index in [1.165, 1.54) is 0 Å². The number of rotatable bonds is 2. The van der Waals surface area contributed by atoms with E-state index in [4.69, 9.17) is 5.73 Å². The van der Waals surface area contributed by atoms with Gasteiger partial charge >= 0.3 is 0 Å². The van der Waals surface area contributed by atoms with Gasteiger partial charge in [0.15, 0.2) is 0 Å². The second-order valence-corrected chi connectivity index (χ2v) is 6.51. The molecule has 0 aromatic rings. The third-order valence-corrected chi connectivity index (χ3v) is 4.13. The Balaban J connectivity index is 4.86. The quantitative estimate of drug-likeness (QED) is 0.701. The number of hydrogen-bond acceptors (Lipinski definition) is 1. The van der Waals surface area contributed by atoms with Crippen molar-refractivity contribution in [2.24, 2.45) is 22.5 Å². The summed E-state index contributed by atoms with van der Waals surface area (Å²) in [5, 5.41) is 0. The summed E-state index contributed by atoms with van der Waals surface area (Å²) in [6.07, 6.45) is 0. The Morgan fingerprint density at radius 3 is 1.23 bits per heavy atom. The first-order valence-corrected chi connectivity index (χ1v) is 5.19. The van der Waals surface area contributed by atoms with Crippen LogP contribution in [0.3, 0.4) is 0 Å². The summed E-state index contributed by atoms with van der Waals surface area (Å²) in [5.74, 6) is 0.500. The molecule has 2 N–H and O–H groups in total. The van der Waals surface area contributed by atoms with Crippen LogP contribution in [-0.4, -0.2) is 5.54 Å². The normalized spacial score (nSPS) is 17.3. The molecule has 0 fully saturated rings. The molecular weight excluding hydrogens is 158 g/mol. The molecule has 0 aliphatic heterocycles. The van der Waals surface area contributed by atoms with E-state index in [1.54, 1.807) is 0 Å². The van der Waals surface area contributed by atoms with Crippen molar-refractivity contribution in [3.05, 3.63) is 0 Å². The molecular formula is C12H27N. The lowest BCUT2D eigenvalue weighted by Crippen LogP contribution is -2.50. The average molecular weight is 185 g/mol. The minimum absolute atomic E-state index is 0.100. The van der Waals surface area contributed by atoms with Gasteiger partial charge in [0.2, 0.25) is 0 Å². The van der Waals surface area contributed by atoms with Crippen LogP contribution < -0.4 is 5.73 Å². The minimum atomic E-state index is -0.100. The molecule has 80 valence electrons. The number of hydrogen-bond donors (Lipinski definition) is 1. The Morgan fingerprint density at radius 2 is 1.15 bits per heavy atom. The van der Waals surface area contributed by atoms with Gasteiger partial charge in [-0.05, 0) is 30.6 Å². The van der Waals surface area contributed by atoms with Gasteiger partial charge in [-0.1, -0.05) is 41.5 Å². The Kier molecular flexibility index (Phi) is 3.26. The van der Waals surface area contributed by atoms with E-state index in [1.807, 2.05) is 0 Å². The first-order chi connectivity index (χ1) is 5.40. The van der Waals surface area contributed by atoms with Crippen LogP contribution in [0.1, 0.15) is 55.4 Å². The van der Waals surface area contributed by atoms with Crippen LogP contribution in [0.5, 0.6) is 0 Å². The van der Waals surface area contributed by atoms with E-state index in [2.05, 4.69) is 55.4 Å². The van der Waals surface area contributed by atoms with Crippen molar-refractivity contribution in [2.45, 2.75) is 60.9 Å². The molecule has 0 bridgehead atoms. The Labute approximate surface area is 84.1 Å². The fourth-order valence-corrected chi connectivity index (χ4v) is 1.58. The summed E-state index contributed by atoms with van der Waals surface area (Å²) in [6, 6.07) is 0. The first kappa shape index (κ1) is 13.0. The van der Waals surface area contributed by atoms with Crippen LogP contribution >= 0.6 is 0 Å². The summed E-state index contributed by atoms with van der Waals surface area (Å²) >= 11 is 0. The summed E-state index contributed by atoms with van der Waals surface area (Å²) in [4.78, 5) is 0. The van der Waals surface area contributed by atoms with Crippen LogP contribution in [-0.2, 0) is 0 Å². The van der Waals surface area contributed by atoms with E-state index < -0.39 is 0 Å². The van der Waals surface area contributed by atoms with Gasteiger partial charge in [-0.3, -0.25) is 0 Å². The van der Waals surface area contributed by atoms with Crippen molar-refractivity contribution in [3.63, 3.8) is 0 Å². The molecule has 1 heteroatoms. The van der Waals surface area contributed by atoms with Crippen molar-refractivity contribution in [2.75, 3.05) is 0 Å². The van der Waals surface area contributed by atoms with Crippen molar-refractivity contribution < 1.29 is 0 Å². The van der Waals surface area contributed by atoms with Gasteiger partial charge in [0.05, 0.1) is 0 Å². The molecule has 1 nitrogen and oxygen atoms in total. The molecule has 0 saturated heterocycles. The zero-order chi connectivity index (χ0) is 11.1. The maximum Gasteiger partial charge on any atom is 0.0128 e. The molecule has 0 aromatic heterocycles. The van der Waals surface area contributed by atoms with Gasteiger partial charge in [-0.15, -0.1) is 0 Å². The molecule has 0 saturated carbocycles. The van der Waals surface area contributed by atoms with Crippen LogP contribution in [0.15, 0.2) is 0 Å². The maximum atomic E-state index is 6.16. The van der Waals surface area contributed by atoms with E-state index in [9.17, 15) is 0 Å². The van der Waals surface area contributed by atoms with Gasteiger partial charge in [0, 0.05) is 5.54 Å². The molecule has 0 spiro atoms. The predicted octanol–water partition coefficient (Wildman–Crippen LogP) is 3.43. The molecule has 0 rings (SSSR count). The van der Waals surface area contributed by atoms with E-state index in [-0.39, 0.29) is 11.0 Å². The summed E-state index contributed by atoms with van der Waals surface area (Å²) in [6.45, 7) is 18.0. The largest absolute Gasteiger partial charge is 0.325 e. The van der Waals surface area contributed by atoms with E-state index >= 15 is 0 Å². The summed E-state index contributed by atoms with van der Waals surface area (Å²) in [7, 11) is 0. The molecule has 0 radical (unpaired) electrons. The van der Waals surface area contributed by atoms with Crippen LogP contribution in [0.2, 0.25) is 0 Å². The predicted molar refractivity (Wildman–Crippen MR) is 60.7 cm³/mol. The standard InChI is InChI=1S/C12H27N/c1-9(12(7,8)13)11(5,6)10(2,3)4/h9H,13H2,1-8H3. The fraction of sp³-hybridized carbons (Fsp3) is 1.00. The molecule has 0 aromatic carbocycles. The van der Waals surface area contributed by atoms with Crippen molar-refractivity contribution in [3.8, 4) is 0 Å². The zero-order valence-electron chi connectivity index (χ0n) is 10.7. The SMILES string of the molecule is CC(C(C)(C)N)C(C)(C)C(C)(C)C. The first-order valence-electron chi connectivity index (χ1n) is 5.19. The van der Waals surface area contributed by atoms with Gasteiger partial charge in [0.1, 0.15) is 0 Å². The highest BCUT2D eigenvalue weighted by Crippen LogP contribution is 2.46. The molecule has 1 atom stereocenters. The minimum Gasteiger partial charge on any atom is -0.325 e. The van der Waals surface area contributed by atoms with Crippen molar-refractivity contribution >= 4 is 0 Å². The third-order valence-electron chi connectivity index (χ3n) is 4.13. The summed E-state index contributed by atoms with van der Waals surface area (Å²) in [5.41, 5.74) is 6.61. The van der Waals surface area contributed by atoms with E-state index in [0.717, 1.165) is 0 Å². The lowest BCUT2D eigenvalue weighted by atomic mass is 9.58. The molecule has 0 heterocycles. The average Bonchev–Trinajstić information content (AvgIpc) is 1.81. The highest BCUT2D eigenvalue weighted by molar-refractivity contribution is 4.95. The second-order valence-electron chi connectivity index (χ2n) is 6.51. The third kappa shape index (κ3) is 2.70. The molecule has 0 aliphatic carbocycles. The molecule has 0 aliphatic rings. The lowest BCUT2D eigenvalue weighted by molar-refractivity contribution is 0.0281. The van der Waals surface area contributed by atoms with Gasteiger partial charge < -0.3 is 5.73 Å². The summed E-state index contributed by atoms with van der Waals surface area (Å²) < 4.78 is 0. The highest BCUT2D eigenvalue weighted by atomic mass is 14.7. The molecule has 1 unspecified atom stereocenters. The highest BCUT2D eigenvalue weighted by Gasteiger charge is 2.42. The van der Waals surface area contributed by atoms with Crippen LogP contribution in [0, 0.1) is 16.7 Å². The maximum absolute atomic E-state index is 6.16. The Bertz CT molecular complexity index is 167. The number of nitrogens with two attached hydrogens (primary N) is 1. The second kappa shape index (κ2) is 3.27. The van der Waals surface area contributed by atoms with Gasteiger partial charge in [-0.2, -0.15) is 0 Å². The fourth-order valence-electron chi connectivity index (χ4n) is 1.58. The van der Waals surface area contributed by atoms with Crippen molar-refractivity contribution in [1.82, 2.24) is 0 Å². The Morgan fingerprint density at radius 1 is 0.846 bits per heavy atom. The van der Waals surface area contributed by atoms with Crippen LogP contribution in [0.4, 0.5) is 0 Å². The van der Waals surface area contributed by atoms with E-state index in [0.29, 0.717) is 11.3 Å². The monoisotopic (exact) mass is 185 g/mol. The zero-order valence-corrected chi connectivity index (χ0v) is 10.7. The van der Waals surface area contributed by atoms with Gasteiger partial charge in [0.25, 0.3) is 0 Å². The van der Waals surface area contributed by atoms with Crippen molar-refractivity contribution in [1.29, 1.82) is 0 Å².